The normalized spacial score (nSPS) is 9.14. The van der Waals surface area contributed by atoms with E-state index >= 15 is 0 Å². The van der Waals surface area contributed by atoms with Gasteiger partial charge >= 0.3 is 0 Å². The van der Waals surface area contributed by atoms with Crippen molar-refractivity contribution in [1.29, 1.82) is 0 Å². The number of hydrogen-bond acceptors (Lipinski definition) is 1. The second kappa shape index (κ2) is 10.2. The predicted molar refractivity (Wildman–Crippen MR) is 101 cm³/mol. The van der Waals surface area contributed by atoms with Crippen LogP contribution >= 0.6 is 22.9 Å². The summed E-state index contributed by atoms with van der Waals surface area (Å²) < 4.78 is 0. The molecule has 0 bridgehead atoms. The Morgan fingerprint density at radius 1 is 0.636 bits per heavy atom. The number of benzene rings is 2. The summed E-state index contributed by atoms with van der Waals surface area (Å²) in [6, 6.07) is 20.4. The number of hydrogen-bond donors (Lipinski definition) is 0. The topological polar surface area (TPSA) is 0 Å². The minimum Gasteiger partial charge on any atom is -0.149 e. The molecule has 0 saturated carbocycles. The van der Waals surface area contributed by atoms with Crippen molar-refractivity contribution >= 4 is 22.9 Å². The molecule has 1 heterocycles. The highest BCUT2D eigenvalue weighted by Crippen LogP contribution is 2.07. The van der Waals surface area contributed by atoms with Crippen LogP contribution in [-0.4, -0.2) is 0 Å². The molecule has 0 radical (unpaired) electrons. The molecule has 0 aliphatic rings. The van der Waals surface area contributed by atoms with Gasteiger partial charge in [0, 0.05) is 9.90 Å². The van der Waals surface area contributed by atoms with Crippen molar-refractivity contribution in [3.05, 3.63) is 92.6 Å². The van der Waals surface area contributed by atoms with Crippen LogP contribution in [-0.2, 0) is 0 Å². The lowest BCUT2D eigenvalue weighted by atomic mass is 10.2. The lowest BCUT2D eigenvalue weighted by Crippen LogP contribution is -1.70. The van der Waals surface area contributed by atoms with Crippen LogP contribution in [0, 0.1) is 27.7 Å². The smallest absolute Gasteiger partial charge is 0.0406 e. The molecule has 0 atom stereocenters. The fraction of sp³-hybridized carbons (Fsp3) is 0.200. The van der Waals surface area contributed by atoms with Crippen LogP contribution in [0.15, 0.2) is 66.0 Å². The minimum absolute atomic E-state index is 0.801. The van der Waals surface area contributed by atoms with E-state index < -0.39 is 0 Å². The van der Waals surface area contributed by atoms with E-state index in [1.165, 1.54) is 21.6 Å². The highest BCUT2D eigenvalue weighted by molar-refractivity contribution is 7.09. The Morgan fingerprint density at radius 3 is 1.27 bits per heavy atom. The van der Waals surface area contributed by atoms with Crippen LogP contribution in [0.5, 0.6) is 0 Å². The third-order valence-corrected chi connectivity index (χ3v) is 3.95. The summed E-state index contributed by atoms with van der Waals surface area (Å²) in [7, 11) is 0. The summed E-state index contributed by atoms with van der Waals surface area (Å²) in [5.74, 6) is 0. The molecule has 0 spiro atoms. The van der Waals surface area contributed by atoms with Crippen molar-refractivity contribution in [3.8, 4) is 0 Å². The van der Waals surface area contributed by atoms with Crippen molar-refractivity contribution in [2.45, 2.75) is 27.7 Å². The van der Waals surface area contributed by atoms with E-state index in [2.05, 4.69) is 62.5 Å². The van der Waals surface area contributed by atoms with Crippen LogP contribution in [0.1, 0.15) is 21.6 Å². The minimum atomic E-state index is 0.801. The molecule has 0 unspecified atom stereocenters. The van der Waals surface area contributed by atoms with E-state index in [0.717, 1.165) is 5.02 Å². The second-order valence-corrected chi connectivity index (χ2v) is 6.76. The van der Waals surface area contributed by atoms with Gasteiger partial charge < -0.3 is 0 Å². The Morgan fingerprint density at radius 2 is 1.05 bits per heavy atom. The van der Waals surface area contributed by atoms with E-state index in [1.54, 1.807) is 11.3 Å². The Bertz CT molecular complexity index is 537. The first kappa shape index (κ1) is 18.5. The SMILES string of the molecule is Cc1ccc(C)cc1.Cc1ccc(Cl)cc1.Cc1cccs1. The molecule has 0 aliphatic heterocycles. The molecule has 0 N–H and O–H groups in total. The molecule has 0 saturated heterocycles. The standard InChI is InChI=1S/C8H10.C7H7Cl.C5H6S/c1-7-3-5-8(2)6-4-7;1-6-2-4-7(8)5-3-6;1-5-3-2-4-6-5/h3-6H,1-2H3;2-5H,1H3;2-4H,1H3. The zero-order valence-corrected chi connectivity index (χ0v) is 15.2. The quantitative estimate of drug-likeness (QED) is 0.416. The van der Waals surface area contributed by atoms with Gasteiger partial charge in [0.15, 0.2) is 0 Å². The van der Waals surface area contributed by atoms with Crippen molar-refractivity contribution in [2.24, 2.45) is 0 Å². The van der Waals surface area contributed by atoms with Crippen molar-refractivity contribution in [2.75, 3.05) is 0 Å². The fourth-order valence-electron chi connectivity index (χ4n) is 1.53. The van der Waals surface area contributed by atoms with Gasteiger partial charge in [-0.25, -0.2) is 0 Å². The van der Waals surface area contributed by atoms with Crippen LogP contribution in [0.25, 0.3) is 0 Å². The molecule has 0 aliphatic carbocycles. The molecule has 0 fully saturated rings. The van der Waals surface area contributed by atoms with Crippen LogP contribution in [0.3, 0.4) is 0 Å². The van der Waals surface area contributed by atoms with Gasteiger partial charge in [-0.15, -0.1) is 11.3 Å². The molecule has 116 valence electrons. The maximum Gasteiger partial charge on any atom is 0.0406 e. The molecular weight excluding hydrogens is 308 g/mol. The largest absolute Gasteiger partial charge is 0.149 e. The zero-order chi connectivity index (χ0) is 16.4. The Labute approximate surface area is 143 Å². The molecule has 0 nitrogen and oxygen atoms in total. The first-order chi connectivity index (χ1) is 10.5. The van der Waals surface area contributed by atoms with Crippen molar-refractivity contribution in [1.82, 2.24) is 0 Å². The van der Waals surface area contributed by atoms with Crippen LogP contribution < -0.4 is 0 Å². The monoisotopic (exact) mass is 330 g/mol. The lowest BCUT2D eigenvalue weighted by molar-refractivity contribution is 1.40. The number of aryl methyl sites for hydroxylation is 4. The molecule has 2 heteroatoms. The van der Waals surface area contributed by atoms with Gasteiger partial charge in [-0.05, 0) is 51.3 Å². The predicted octanol–water partition coefficient (Wildman–Crippen LogP) is 7.01. The lowest BCUT2D eigenvalue weighted by Gasteiger charge is -1.90. The number of halogens is 1. The highest BCUT2D eigenvalue weighted by Gasteiger charge is 1.82. The summed E-state index contributed by atoms with van der Waals surface area (Å²) in [6.07, 6.45) is 0. The van der Waals surface area contributed by atoms with Gasteiger partial charge in [-0.2, -0.15) is 0 Å². The van der Waals surface area contributed by atoms with E-state index in [4.69, 9.17) is 11.6 Å². The zero-order valence-electron chi connectivity index (χ0n) is 13.6. The first-order valence-corrected chi connectivity index (χ1v) is 8.48. The third-order valence-electron chi connectivity index (χ3n) is 2.89. The summed E-state index contributed by atoms with van der Waals surface area (Å²) in [5, 5.41) is 2.88. The van der Waals surface area contributed by atoms with Gasteiger partial charge in [0.25, 0.3) is 0 Å². The molecule has 0 amide bonds. The molecule has 3 aromatic rings. The van der Waals surface area contributed by atoms with E-state index in [-0.39, 0.29) is 0 Å². The highest BCUT2D eigenvalue weighted by atomic mass is 35.5. The van der Waals surface area contributed by atoms with Crippen molar-refractivity contribution in [3.63, 3.8) is 0 Å². The second-order valence-electron chi connectivity index (χ2n) is 5.17. The van der Waals surface area contributed by atoms with Gasteiger partial charge in [0.1, 0.15) is 0 Å². The van der Waals surface area contributed by atoms with Crippen LogP contribution in [0.4, 0.5) is 0 Å². The van der Waals surface area contributed by atoms with Crippen LogP contribution in [0.2, 0.25) is 5.02 Å². The van der Waals surface area contributed by atoms with E-state index in [1.807, 2.05) is 31.2 Å². The van der Waals surface area contributed by atoms with E-state index in [9.17, 15) is 0 Å². The Balaban J connectivity index is 0.000000167. The average Bonchev–Trinajstić information content (AvgIpc) is 2.98. The van der Waals surface area contributed by atoms with Gasteiger partial charge in [-0.1, -0.05) is 70.8 Å². The molecule has 1 aromatic heterocycles. The first-order valence-electron chi connectivity index (χ1n) is 7.23. The fourth-order valence-corrected chi connectivity index (χ4v) is 2.19. The maximum absolute atomic E-state index is 5.61. The maximum atomic E-state index is 5.61. The van der Waals surface area contributed by atoms with Crippen molar-refractivity contribution < 1.29 is 0 Å². The summed E-state index contributed by atoms with van der Waals surface area (Å²) in [4.78, 5) is 1.38. The summed E-state index contributed by atoms with van der Waals surface area (Å²) in [6.45, 7) is 8.33. The molecule has 2 aromatic carbocycles. The number of thiophene rings is 1. The molecule has 22 heavy (non-hydrogen) atoms. The Hall–Kier alpha value is -1.57. The molecular formula is C20H23ClS. The van der Waals surface area contributed by atoms with Gasteiger partial charge in [0.05, 0.1) is 0 Å². The Kier molecular flexibility index (Phi) is 8.57. The molecule has 3 rings (SSSR count). The summed E-state index contributed by atoms with van der Waals surface area (Å²) >= 11 is 7.39. The number of rotatable bonds is 0. The average molecular weight is 331 g/mol. The van der Waals surface area contributed by atoms with E-state index in [0.29, 0.717) is 0 Å². The summed E-state index contributed by atoms with van der Waals surface area (Å²) in [5.41, 5.74) is 3.90. The third kappa shape index (κ3) is 8.66. The van der Waals surface area contributed by atoms with Gasteiger partial charge in [0.2, 0.25) is 0 Å². The van der Waals surface area contributed by atoms with Gasteiger partial charge in [-0.3, -0.25) is 0 Å².